The van der Waals surface area contributed by atoms with Crippen LogP contribution in [0, 0.1) is 0 Å². The standard InChI is InChI=1S/C14H24N6O3/c1-18(2)9-11-13(10-6-17-19(3)8-10)20(4-5-23-11)12(21)7-16-14(15)22/h6,8,11,13H,4-5,7,9H2,1-3H3,(H3,15,16,22)/t11-,13-/m0/s1. The van der Waals surface area contributed by atoms with E-state index in [9.17, 15) is 9.59 Å². The zero-order valence-corrected chi connectivity index (χ0v) is 13.7. The summed E-state index contributed by atoms with van der Waals surface area (Å²) >= 11 is 0. The Bertz CT molecular complexity index is 558. The number of likely N-dealkylation sites (N-methyl/N-ethyl adjacent to an activating group) is 1. The van der Waals surface area contributed by atoms with E-state index in [4.69, 9.17) is 10.5 Å². The number of ether oxygens (including phenoxy) is 1. The molecule has 1 aromatic rings. The van der Waals surface area contributed by atoms with Gasteiger partial charge >= 0.3 is 6.03 Å². The van der Waals surface area contributed by atoms with Gasteiger partial charge in [0.1, 0.15) is 0 Å². The van der Waals surface area contributed by atoms with Gasteiger partial charge in [-0.3, -0.25) is 9.48 Å². The zero-order valence-electron chi connectivity index (χ0n) is 13.7. The van der Waals surface area contributed by atoms with Crippen molar-refractivity contribution in [2.45, 2.75) is 12.1 Å². The molecule has 23 heavy (non-hydrogen) atoms. The van der Waals surface area contributed by atoms with Crippen molar-refractivity contribution in [2.75, 3.05) is 40.3 Å². The van der Waals surface area contributed by atoms with Gasteiger partial charge in [0.2, 0.25) is 5.91 Å². The lowest BCUT2D eigenvalue weighted by atomic mass is 10.0. The van der Waals surface area contributed by atoms with Gasteiger partial charge in [-0.05, 0) is 14.1 Å². The highest BCUT2D eigenvalue weighted by Gasteiger charge is 2.37. The highest BCUT2D eigenvalue weighted by Crippen LogP contribution is 2.29. The van der Waals surface area contributed by atoms with Crippen molar-refractivity contribution in [1.82, 2.24) is 24.9 Å². The van der Waals surface area contributed by atoms with Crippen LogP contribution in [0.25, 0.3) is 0 Å². The van der Waals surface area contributed by atoms with Crippen LogP contribution < -0.4 is 11.1 Å². The molecule has 2 atom stereocenters. The van der Waals surface area contributed by atoms with Crippen LogP contribution in [0.2, 0.25) is 0 Å². The van der Waals surface area contributed by atoms with Gasteiger partial charge < -0.3 is 25.6 Å². The lowest BCUT2D eigenvalue weighted by molar-refractivity contribution is -0.146. The first-order valence-corrected chi connectivity index (χ1v) is 7.46. The predicted molar refractivity (Wildman–Crippen MR) is 83.5 cm³/mol. The monoisotopic (exact) mass is 324 g/mol. The highest BCUT2D eigenvalue weighted by atomic mass is 16.5. The maximum atomic E-state index is 12.5. The summed E-state index contributed by atoms with van der Waals surface area (Å²) in [7, 11) is 5.74. The molecule has 3 amide bonds. The number of hydrogen-bond donors (Lipinski definition) is 2. The second-order valence-corrected chi connectivity index (χ2v) is 5.87. The van der Waals surface area contributed by atoms with Crippen LogP contribution in [0.1, 0.15) is 11.6 Å². The molecule has 1 saturated heterocycles. The van der Waals surface area contributed by atoms with Gasteiger partial charge in [-0.1, -0.05) is 0 Å². The predicted octanol–water partition coefficient (Wildman–Crippen LogP) is -1.08. The normalized spacial score (nSPS) is 21.5. The first-order chi connectivity index (χ1) is 10.9. The lowest BCUT2D eigenvalue weighted by Crippen LogP contribution is -2.53. The van der Waals surface area contributed by atoms with E-state index in [0.29, 0.717) is 19.7 Å². The average Bonchev–Trinajstić information content (AvgIpc) is 2.90. The van der Waals surface area contributed by atoms with E-state index in [2.05, 4.69) is 10.4 Å². The third kappa shape index (κ3) is 4.42. The molecule has 1 aliphatic heterocycles. The molecule has 0 aromatic carbocycles. The largest absolute Gasteiger partial charge is 0.373 e. The van der Waals surface area contributed by atoms with E-state index >= 15 is 0 Å². The topological polar surface area (TPSA) is 106 Å². The van der Waals surface area contributed by atoms with Gasteiger partial charge in [-0.15, -0.1) is 0 Å². The number of nitrogens with zero attached hydrogens (tertiary/aromatic N) is 4. The van der Waals surface area contributed by atoms with Gasteiger partial charge in [-0.25, -0.2) is 4.79 Å². The van der Waals surface area contributed by atoms with Crippen LogP contribution in [-0.2, 0) is 16.6 Å². The minimum Gasteiger partial charge on any atom is -0.373 e. The maximum Gasteiger partial charge on any atom is 0.312 e. The summed E-state index contributed by atoms with van der Waals surface area (Å²) in [5.41, 5.74) is 5.96. The molecule has 1 aliphatic rings. The van der Waals surface area contributed by atoms with E-state index in [0.717, 1.165) is 5.56 Å². The molecule has 0 spiro atoms. The molecule has 128 valence electrons. The number of aromatic nitrogens is 2. The lowest BCUT2D eigenvalue weighted by Gasteiger charge is -2.41. The van der Waals surface area contributed by atoms with Gasteiger partial charge in [-0.2, -0.15) is 5.10 Å². The third-order valence-electron chi connectivity index (χ3n) is 3.70. The molecule has 2 rings (SSSR count). The number of rotatable bonds is 5. The average molecular weight is 324 g/mol. The van der Waals surface area contributed by atoms with Crippen LogP contribution in [0.5, 0.6) is 0 Å². The van der Waals surface area contributed by atoms with Crippen molar-refractivity contribution in [1.29, 1.82) is 0 Å². The van der Waals surface area contributed by atoms with E-state index < -0.39 is 6.03 Å². The molecular weight excluding hydrogens is 300 g/mol. The summed E-state index contributed by atoms with van der Waals surface area (Å²) < 4.78 is 7.58. The van der Waals surface area contributed by atoms with Crippen molar-refractivity contribution in [3.8, 4) is 0 Å². The molecule has 1 fully saturated rings. The van der Waals surface area contributed by atoms with E-state index in [1.165, 1.54) is 0 Å². The van der Waals surface area contributed by atoms with Crippen LogP contribution in [0.3, 0.4) is 0 Å². The fourth-order valence-corrected chi connectivity index (χ4v) is 2.78. The number of nitrogens with one attached hydrogen (secondary N) is 1. The Balaban J connectivity index is 2.22. The molecule has 1 aromatic heterocycles. The molecule has 2 heterocycles. The number of primary amides is 1. The van der Waals surface area contributed by atoms with Crippen LogP contribution >= 0.6 is 0 Å². The minimum atomic E-state index is -0.714. The number of carbonyl (C=O) groups is 2. The second-order valence-electron chi connectivity index (χ2n) is 5.87. The van der Waals surface area contributed by atoms with Crippen molar-refractivity contribution >= 4 is 11.9 Å². The van der Waals surface area contributed by atoms with Crippen molar-refractivity contribution in [3.63, 3.8) is 0 Å². The summed E-state index contributed by atoms with van der Waals surface area (Å²) in [5, 5.41) is 6.54. The Morgan fingerprint density at radius 1 is 1.52 bits per heavy atom. The number of urea groups is 1. The Morgan fingerprint density at radius 3 is 2.83 bits per heavy atom. The van der Waals surface area contributed by atoms with Gasteiger partial charge in [0.15, 0.2) is 0 Å². The summed E-state index contributed by atoms with van der Waals surface area (Å²) in [6.07, 6.45) is 3.45. The molecule has 0 saturated carbocycles. The van der Waals surface area contributed by atoms with Crippen molar-refractivity contribution in [3.05, 3.63) is 18.0 Å². The van der Waals surface area contributed by atoms with E-state index in [1.54, 1.807) is 15.8 Å². The second kappa shape index (κ2) is 7.42. The van der Waals surface area contributed by atoms with Gasteiger partial charge in [0, 0.05) is 31.9 Å². The number of aryl methyl sites for hydroxylation is 1. The Hall–Kier alpha value is -2.13. The number of nitrogens with two attached hydrogens (primary N) is 1. The quantitative estimate of drug-likeness (QED) is 0.716. The van der Waals surface area contributed by atoms with E-state index in [-0.39, 0.29) is 24.6 Å². The molecule has 0 radical (unpaired) electrons. The molecule has 0 unspecified atom stereocenters. The number of morpholine rings is 1. The Morgan fingerprint density at radius 2 is 2.26 bits per heavy atom. The third-order valence-corrected chi connectivity index (χ3v) is 3.70. The number of carbonyl (C=O) groups excluding carboxylic acids is 2. The fraction of sp³-hybridized carbons (Fsp3) is 0.643. The molecule has 9 nitrogen and oxygen atoms in total. The Labute approximate surface area is 135 Å². The minimum absolute atomic E-state index is 0.124. The first-order valence-electron chi connectivity index (χ1n) is 7.46. The van der Waals surface area contributed by atoms with Gasteiger partial charge in [0.05, 0.1) is 31.5 Å². The zero-order chi connectivity index (χ0) is 17.0. The van der Waals surface area contributed by atoms with Crippen molar-refractivity contribution in [2.24, 2.45) is 12.8 Å². The SMILES string of the molecule is CN(C)C[C@@H]1OCCN(C(=O)CNC(N)=O)[C@H]1c1cnn(C)c1. The van der Waals surface area contributed by atoms with Crippen LogP contribution in [-0.4, -0.2) is 78.0 Å². The van der Waals surface area contributed by atoms with E-state index in [1.807, 2.05) is 32.2 Å². The summed E-state index contributed by atoms with van der Waals surface area (Å²) in [4.78, 5) is 27.1. The molecule has 0 bridgehead atoms. The smallest absolute Gasteiger partial charge is 0.312 e. The molecule has 0 aliphatic carbocycles. The van der Waals surface area contributed by atoms with Crippen molar-refractivity contribution < 1.29 is 14.3 Å². The summed E-state index contributed by atoms with van der Waals surface area (Å²) in [6.45, 7) is 1.47. The highest BCUT2D eigenvalue weighted by molar-refractivity contribution is 5.83. The maximum absolute atomic E-state index is 12.5. The van der Waals surface area contributed by atoms with Gasteiger partial charge in [0.25, 0.3) is 0 Å². The van der Waals surface area contributed by atoms with Crippen LogP contribution in [0.15, 0.2) is 12.4 Å². The number of amides is 3. The fourth-order valence-electron chi connectivity index (χ4n) is 2.78. The molecule has 9 heteroatoms. The van der Waals surface area contributed by atoms with Crippen LogP contribution in [0.4, 0.5) is 4.79 Å². The molecular formula is C14H24N6O3. The molecule has 3 N–H and O–H groups in total. The summed E-state index contributed by atoms with van der Waals surface area (Å²) in [5.74, 6) is -0.190. The first kappa shape index (κ1) is 17.2. The Kier molecular flexibility index (Phi) is 5.56. The summed E-state index contributed by atoms with van der Waals surface area (Å²) in [6, 6.07) is -0.962. The number of hydrogen-bond acceptors (Lipinski definition) is 5.